The highest BCUT2D eigenvalue weighted by Gasteiger charge is 2.23. The second-order valence-electron chi connectivity index (χ2n) is 4.44. The molecule has 1 aromatic carbocycles. The van der Waals surface area contributed by atoms with Crippen LogP contribution in [0.25, 0.3) is 0 Å². The largest absolute Gasteiger partial charge is 0.459 e. The summed E-state index contributed by atoms with van der Waals surface area (Å²) in [6, 6.07) is 5.25. The Kier molecular flexibility index (Phi) is 4.02. The first-order valence-electron chi connectivity index (χ1n) is 6.42. The summed E-state index contributed by atoms with van der Waals surface area (Å²) in [5, 5.41) is 2.46. The SMILES string of the molecule is CCOC(=O)C(=O)Nc1ccc2c(c1)N(C(C)=O)CC2. The van der Waals surface area contributed by atoms with Gasteiger partial charge in [0.25, 0.3) is 0 Å². The first-order valence-corrected chi connectivity index (χ1v) is 6.42. The van der Waals surface area contributed by atoms with E-state index in [0.717, 1.165) is 17.7 Å². The third kappa shape index (κ3) is 2.79. The summed E-state index contributed by atoms with van der Waals surface area (Å²) in [5.41, 5.74) is 2.29. The lowest BCUT2D eigenvalue weighted by molar-refractivity contribution is -0.152. The van der Waals surface area contributed by atoms with Crippen molar-refractivity contribution in [1.29, 1.82) is 0 Å². The summed E-state index contributed by atoms with van der Waals surface area (Å²) in [5.74, 6) is -1.78. The first kappa shape index (κ1) is 14.0. The summed E-state index contributed by atoms with van der Waals surface area (Å²) in [4.78, 5) is 36.0. The number of fused-ring (bicyclic) bond motifs is 1. The molecule has 1 aliphatic heterocycles. The highest BCUT2D eigenvalue weighted by Crippen LogP contribution is 2.30. The molecule has 2 amide bonds. The van der Waals surface area contributed by atoms with E-state index in [0.29, 0.717) is 12.2 Å². The molecule has 0 bridgehead atoms. The van der Waals surface area contributed by atoms with Crippen molar-refractivity contribution in [3.63, 3.8) is 0 Å². The van der Waals surface area contributed by atoms with Crippen molar-refractivity contribution >= 4 is 29.2 Å². The molecule has 2 rings (SSSR count). The van der Waals surface area contributed by atoms with Crippen LogP contribution >= 0.6 is 0 Å². The Hall–Kier alpha value is -2.37. The van der Waals surface area contributed by atoms with Crippen molar-refractivity contribution in [2.75, 3.05) is 23.4 Å². The smallest absolute Gasteiger partial charge is 0.397 e. The van der Waals surface area contributed by atoms with Crippen molar-refractivity contribution in [2.24, 2.45) is 0 Å². The van der Waals surface area contributed by atoms with Crippen molar-refractivity contribution in [2.45, 2.75) is 20.3 Å². The molecule has 0 spiro atoms. The summed E-state index contributed by atoms with van der Waals surface area (Å²) >= 11 is 0. The number of hydrogen-bond donors (Lipinski definition) is 1. The van der Waals surface area contributed by atoms with Gasteiger partial charge in [0.2, 0.25) is 5.91 Å². The molecule has 1 heterocycles. The van der Waals surface area contributed by atoms with Gasteiger partial charge in [-0.25, -0.2) is 4.79 Å². The van der Waals surface area contributed by atoms with Crippen LogP contribution in [0.3, 0.4) is 0 Å². The monoisotopic (exact) mass is 276 g/mol. The number of ether oxygens (including phenoxy) is 1. The van der Waals surface area contributed by atoms with Gasteiger partial charge in [-0.3, -0.25) is 9.59 Å². The van der Waals surface area contributed by atoms with Gasteiger partial charge in [-0.1, -0.05) is 6.07 Å². The summed E-state index contributed by atoms with van der Waals surface area (Å²) < 4.78 is 4.61. The summed E-state index contributed by atoms with van der Waals surface area (Å²) in [6.07, 6.45) is 0.793. The Morgan fingerprint density at radius 3 is 2.75 bits per heavy atom. The molecule has 0 atom stereocenters. The fraction of sp³-hybridized carbons (Fsp3) is 0.357. The number of hydrogen-bond acceptors (Lipinski definition) is 4. The lowest BCUT2D eigenvalue weighted by Crippen LogP contribution is -2.26. The molecular formula is C14H16N2O4. The zero-order chi connectivity index (χ0) is 14.7. The van der Waals surface area contributed by atoms with Crippen LogP contribution in [0.4, 0.5) is 11.4 Å². The molecule has 20 heavy (non-hydrogen) atoms. The van der Waals surface area contributed by atoms with Crippen LogP contribution in [0, 0.1) is 0 Å². The quantitative estimate of drug-likeness (QED) is 0.648. The number of carbonyl (C=O) groups excluding carboxylic acids is 3. The van der Waals surface area contributed by atoms with Crippen LogP contribution in [0.2, 0.25) is 0 Å². The molecule has 0 saturated carbocycles. The maximum Gasteiger partial charge on any atom is 0.397 e. The van der Waals surface area contributed by atoms with Gasteiger partial charge >= 0.3 is 11.9 Å². The van der Waals surface area contributed by atoms with E-state index in [1.807, 2.05) is 6.07 Å². The predicted octanol–water partition coefficient (Wildman–Crippen LogP) is 1.10. The Bertz CT molecular complexity index is 568. The average Bonchev–Trinajstić information content (AvgIpc) is 2.82. The molecule has 0 aliphatic carbocycles. The normalized spacial score (nSPS) is 12.8. The fourth-order valence-corrected chi connectivity index (χ4v) is 2.16. The van der Waals surface area contributed by atoms with Gasteiger partial charge in [-0.05, 0) is 31.0 Å². The molecule has 0 unspecified atom stereocenters. The molecule has 0 aromatic heterocycles. The molecule has 106 valence electrons. The van der Waals surface area contributed by atoms with Crippen LogP contribution < -0.4 is 10.2 Å². The van der Waals surface area contributed by atoms with Crippen molar-refractivity contribution in [1.82, 2.24) is 0 Å². The molecule has 6 heteroatoms. The molecule has 6 nitrogen and oxygen atoms in total. The second-order valence-corrected chi connectivity index (χ2v) is 4.44. The molecule has 1 N–H and O–H groups in total. The molecule has 0 fully saturated rings. The maximum atomic E-state index is 11.6. The summed E-state index contributed by atoms with van der Waals surface area (Å²) in [6.45, 7) is 3.92. The average molecular weight is 276 g/mol. The van der Waals surface area contributed by atoms with Gasteiger partial charge < -0.3 is 15.0 Å². The minimum Gasteiger partial charge on any atom is -0.459 e. The minimum atomic E-state index is -0.920. The zero-order valence-electron chi connectivity index (χ0n) is 11.4. The van der Waals surface area contributed by atoms with E-state index >= 15 is 0 Å². The van der Waals surface area contributed by atoms with Crippen molar-refractivity contribution in [3.05, 3.63) is 23.8 Å². The van der Waals surface area contributed by atoms with E-state index in [2.05, 4.69) is 10.1 Å². The van der Waals surface area contributed by atoms with E-state index < -0.39 is 11.9 Å². The van der Waals surface area contributed by atoms with Gasteiger partial charge in [0.05, 0.1) is 6.61 Å². The molecule has 1 aromatic rings. The Balaban J connectivity index is 2.15. The first-order chi connectivity index (χ1) is 9.52. The van der Waals surface area contributed by atoms with E-state index in [1.54, 1.807) is 24.0 Å². The Labute approximate surface area is 116 Å². The minimum absolute atomic E-state index is 0.0439. The van der Waals surface area contributed by atoms with E-state index in [1.165, 1.54) is 6.92 Å². The van der Waals surface area contributed by atoms with Gasteiger partial charge in [-0.15, -0.1) is 0 Å². The van der Waals surface area contributed by atoms with Gasteiger partial charge in [0, 0.05) is 24.8 Å². The van der Waals surface area contributed by atoms with Crippen LogP contribution in [0.15, 0.2) is 18.2 Å². The topological polar surface area (TPSA) is 75.7 Å². The third-order valence-corrected chi connectivity index (χ3v) is 3.08. The Morgan fingerprint density at radius 2 is 2.10 bits per heavy atom. The highest BCUT2D eigenvalue weighted by molar-refractivity contribution is 6.37. The maximum absolute atomic E-state index is 11.6. The Morgan fingerprint density at radius 1 is 1.35 bits per heavy atom. The molecule has 1 aliphatic rings. The van der Waals surface area contributed by atoms with Crippen LogP contribution in [0.5, 0.6) is 0 Å². The number of anilines is 2. The number of rotatable bonds is 2. The second kappa shape index (κ2) is 5.73. The van der Waals surface area contributed by atoms with Crippen LogP contribution in [-0.2, 0) is 25.5 Å². The summed E-state index contributed by atoms with van der Waals surface area (Å²) in [7, 11) is 0. The van der Waals surface area contributed by atoms with E-state index in [4.69, 9.17) is 0 Å². The number of amides is 2. The number of nitrogens with zero attached hydrogens (tertiary/aromatic N) is 1. The third-order valence-electron chi connectivity index (χ3n) is 3.08. The van der Waals surface area contributed by atoms with E-state index in [9.17, 15) is 14.4 Å². The van der Waals surface area contributed by atoms with Crippen molar-refractivity contribution < 1.29 is 19.1 Å². The molecule has 0 saturated heterocycles. The van der Waals surface area contributed by atoms with Crippen molar-refractivity contribution in [3.8, 4) is 0 Å². The molecule has 0 radical (unpaired) electrons. The van der Waals surface area contributed by atoms with Crippen LogP contribution in [0.1, 0.15) is 19.4 Å². The highest BCUT2D eigenvalue weighted by atomic mass is 16.5. The van der Waals surface area contributed by atoms with E-state index in [-0.39, 0.29) is 12.5 Å². The standard InChI is InChI=1S/C14H16N2O4/c1-3-20-14(19)13(18)15-11-5-4-10-6-7-16(9(2)17)12(10)8-11/h4-5,8H,3,6-7H2,1-2H3,(H,15,18). The lowest BCUT2D eigenvalue weighted by Gasteiger charge is -2.15. The van der Waals surface area contributed by atoms with Gasteiger partial charge in [-0.2, -0.15) is 0 Å². The van der Waals surface area contributed by atoms with Gasteiger partial charge in [0.1, 0.15) is 0 Å². The predicted molar refractivity (Wildman–Crippen MR) is 73.4 cm³/mol. The zero-order valence-corrected chi connectivity index (χ0v) is 11.4. The lowest BCUT2D eigenvalue weighted by atomic mass is 10.1. The van der Waals surface area contributed by atoms with Crippen LogP contribution in [-0.4, -0.2) is 30.9 Å². The fourth-order valence-electron chi connectivity index (χ4n) is 2.16. The van der Waals surface area contributed by atoms with Gasteiger partial charge in [0.15, 0.2) is 0 Å². The number of carbonyl (C=O) groups is 3. The number of esters is 1. The molecular weight excluding hydrogens is 260 g/mol. The number of nitrogens with one attached hydrogen (secondary N) is 1. The number of benzene rings is 1.